The Morgan fingerprint density at radius 3 is 2.35 bits per heavy atom. The van der Waals surface area contributed by atoms with E-state index in [0.29, 0.717) is 31.9 Å². The Labute approximate surface area is 152 Å². The van der Waals surface area contributed by atoms with E-state index >= 15 is 0 Å². The van der Waals surface area contributed by atoms with Crippen molar-refractivity contribution in [3.05, 3.63) is 48.3 Å². The first-order valence-electron chi connectivity index (χ1n) is 8.18. The van der Waals surface area contributed by atoms with Crippen LogP contribution in [0.2, 0.25) is 0 Å². The fourth-order valence-electron chi connectivity index (χ4n) is 2.94. The standard InChI is InChI=1S/C18H21FN2O4S/c1-24-15-4-3-5-16(13-15)26(22,23)21-10-8-20(9-11-21)14-6-7-17(19)18(12-14)25-2/h3-7,12-13H,8-11H2,1-2H3. The molecular formula is C18H21FN2O4S. The summed E-state index contributed by atoms with van der Waals surface area (Å²) in [6.07, 6.45) is 0. The molecule has 2 aromatic rings. The quantitative estimate of drug-likeness (QED) is 0.797. The van der Waals surface area contributed by atoms with Gasteiger partial charge in [-0.05, 0) is 24.3 Å². The minimum absolute atomic E-state index is 0.175. The number of halogens is 1. The first kappa shape index (κ1) is 18.5. The highest BCUT2D eigenvalue weighted by atomic mass is 32.2. The molecule has 3 rings (SSSR count). The SMILES string of the molecule is COc1cccc(S(=O)(=O)N2CCN(c3ccc(F)c(OC)c3)CC2)c1. The lowest BCUT2D eigenvalue weighted by Crippen LogP contribution is -2.48. The molecule has 0 saturated carbocycles. The lowest BCUT2D eigenvalue weighted by Gasteiger charge is -2.35. The van der Waals surface area contributed by atoms with Crippen LogP contribution in [0, 0.1) is 5.82 Å². The van der Waals surface area contributed by atoms with Gasteiger partial charge < -0.3 is 14.4 Å². The molecule has 0 spiro atoms. The predicted molar refractivity (Wildman–Crippen MR) is 96.9 cm³/mol. The lowest BCUT2D eigenvalue weighted by atomic mass is 10.2. The van der Waals surface area contributed by atoms with E-state index in [1.165, 1.54) is 30.7 Å². The fraction of sp³-hybridized carbons (Fsp3) is 0.333. The van der Waals surface area contributed by atoms with E-state index in [1.807, 2.05) is 4.90 Å². The van der Waals surface area contributed by atoms with Crippen molar-refractivity contribution in [3.63, 3.8) is 0 Å². The van der Waals surface area contributed by atoms with Gasteiger partial charge in [0.2, 0.25) is 10.0 Å². The van der Waals surface area contributed by atoms with Crippen molar-refractivity contribution in [3.8, 4) is 11.5 Å². The molecule has 1 saturated heterocycles. The fourth-order valence-corrected chi connectivity index (χ4v) is 4.40. The minimum atomic E-state index is -3.58. The number of sulfonamides is 1. The molecule has 0 atom stereocenters. The molecule has 0 unspecified atom stereocenters. The molecule has 1 fully saturated rings. The Bertz CT molecular complexity index is 881. The van der Waals surface area contributed by atoms with E-state index in [-0.39, 0.29) is 10.6 Å². The van der Waals surface area contributed by atoms with Crippen molar-refractivity contribution in [1.82, 2.24) is 4.31 Å². The Hall–Kier alpha value is -2.32. The predicted octanol–water partition coefficient (Wildman–Crippen LogP) is 2.35. The summed E-state index contributed by atoms with van der Waals surface area (Å²) in [6, 6.07) is 11.1. The third-order valence-corrected chi connectivity index (χ3v) is 6.31. The molecule has 1 heterocycles. The highest BCUT2D eigenvalue weighted by molar-refractivity contribution is 7.89. The number of hydrogen-bond acceptors (Lipinski definition) is 5. The van der Waals surface area contributed by atoms with E-state index < -0.39 is 15.8 Å². The van der Waals surface area contributed by atoms with Crippen molar-refractivity contribution >= 4 is 15.7 Å². The van der Waals surface area contributed by atoms with E-state index in [4.69, 9.17) is 9.47 Å². The molecule has 140 valence electrons. The summed E-state index contributed by atoms with van der Waals surface area (Å²) >= 11 is 0. The summed E-state index contributed by atoms with van der Waals surface area (Å²) in [5, 5.41) is 0. The average molecular weight is 380 g/mol. The summed E-state index contributed by atoms with van der Waals surface area (Å²) in [7, 11) is -0.659. The second-order valence-electron chi connectivity index (χ2n) is 5.89. The largest absolute Gasteiger partial charge is 0.497 e. The molecule has 1 aliphatic rings. The highest BCUT2D eigenvalue weighted by Gasteiger charge is 2.29. The minimum Gasteiger partial charge on any atom is -0.497 e. The molecule has 8 heteroatoms. The summed E-state index contributed by atoms with van der Waals surface area (Å²) in [5.41, 5.74) is 0.807. The maximum Gasteiger partial charge on any atom is 0.243 e. The molecular weight excluding hydrogens is 359 g/mol. The van der Waals surface area contributed by atoms with Gasteiger partial charge in [-0.15, -0.1) is 0 Å². The smallest absolute Gasteiger partial charge is 0.243 e. The van der Waals surface area contributed by atoms with Crippen molar-refractivity contribution in [2.75, 3.05) is 45.3 Å². The molecule has 26 heavy (non-hydrogen) atoms. The number of piperazine rings is 1. The molecule has 1 aliphatic heterocycles. The van der Waals surface area contributed by atoms with Crippen LogP contribution in [-0.4, -0.2) is 53.1 Å². The van der Waals surface area contributed by atoms with Crippen molar-refractivity contribution in [2.45, 2.75) is 4.90 Å². The van der Waals surface area contributed by atoms with Crippen LogP contribution in [0.5, 0.6) is 11.5 Å². The van der Waals surface area contributed by atoms with Gasteiger partial charge in [-0.25, -0.2) is 12.8 Å². The zero-order chi connectivity index (χ0) is 18.7. The first-order valence-corrected chi connectivity index (χ1v) is 9.62. The Kier molecular flexibility index (Phi) is 5.33. The molecule has 6 nitrogen and oxygen atoms in total. The highest BCUT2D eigenvalue weighted by Crippen LogP contribution is 2.27. The van der Waals surface area contributed by atoms with Gasteiger partial charge >= 0.3 is 0 Å². The summed E-state index contributed by atoms with van der Waals surface area (Å²) in [5.74, 6) is 0.257. The molecule has 0 bridgehead atoms. The third-order valence-electron chi connectivity index (χ3n) is 4.42. The van der Waals surface area contributed by atoms with Crippen LogP contribution in [-0.2, 0) is 10.0 Å². The van der Waals surface area contributed by atoms with Gasteiger partial charge in [-0.1, -0.05) is 6.07 Å². The monoisotopic (exact) mass is 380 g/mol. The summed E-state index contributed by atoms with van der Waals surface area (Å²) in [6.45, 7) is 1.72. The van der Waals surface area contributed by atoms with E-state index in [9.17, 15) is 12.8 Å². The number of methoxy groups -OCH3 is 2. The van der Waals surface area contributed by atoms with Crippen LogP contribution in [0.4, 0.5) is 10.1 Å². The van der Waals surface area contributed by atoms with Crippen LogP contribution in [0.25, 0.3) is 0 Å². The number of rotatable bonds is 5. The number of benzene rings is 2. The van der Waals surface area contributed by atoms with Crippen molar-refractivity contribution < 1.29 is 22.3 Å². The van der Waals surface area contributed by atoms with Crippen molar-refractivity contribution in [1.29, 1.82) is 0 Å². The second-order valence-corrected chi connectivity index (χ2v) is 7.83. The van der Waals surface area contributed by atoms with Crippen LogP contribution in [0.15, 0.2) is 47.4 Å². The maximum absolute atomic E-state index is 13.6. The van der Waals surface area contributed by atoms with Gasteiger partial charge in [0.15, 0.2) is 11.6 Å². The number of nitrogens with zero attached hydrogens (tertiary/aromatic N) is 2. The van der Waals surface area contributed by atoms with E-state index in [1.54, 1.807) is 30.3 Å². The van der Waals surface area contributed by atoms with Gasteiger partial charge in [0, 0.05) is 44.0 Å². The first-order chi connectivity index (χ1) is 12.5. The topological polar surface area (TPSA) is 59.1 Å². The zero-order valence-corrected chi connectivity index (χ0v) is 15.5. The molecule has 0 aliphatic carbocycles. The molecule has 0 N–H and O–H groups in total. The Morgan fingerprint density at radius 2 is 1.69 bits per heavy atom. The number of hydrogen-bond donors (Lipinski definition) is 0. The van der Waals surface area contributed by atoms with Crippen LogP contribution in [0.3, 0.4) is 0 Å². The number of anilines is 1. The zero-order valence-electron chi connectivity index (χ0n) is 14.7. The summed E-state index contributed by atoms with van der Waals surface area (Å²) in [4.78, 5) is 2.23. The van der Waals surface area contributed by atoms with Gasteiger partial charge in [-0.3, -0.25) is 0 Å². The van der Waals surface area contributed by atoms with Crippen LogP contribution in [0.1, 0.15) is 0 Å². The van der Waals surface area contributed by atoms with E-state index in [0.717, 1.165) is 5.69 Å². The average Bonchev–Trinajstić information content (AvgIpc) is 2.68. The van der Waals surface area contributed by atoms with Gasteiger partial charge in [0.1, 0.15) is 5.75 Å². The molecule has 0 aromatic heterocycles. The van der Waals surface area contributed by atoms with E-state index in [2.05, 4.69) is 0 Å². The normalized spacial score (nSPS) is 15.7. The Balaban J connectivity index is 1.73. The van der Waals surface area contributed by atoms with Gasteiger partial charge in [0.25, 0.3) is 0 Å². The Morgan fingerprint density at radius 1 is 0.962 bits per heavy atom. The third kappa shape index (κ3) is 3.61. The van der Waals surface area contributed by atoms with Crippen LogP contribution >= 0.6 is 0 Å². The molecule has 0 amide bonds. The maximum atomic E-state index is 13.6. The van der Waals surface area contributed by atoms with Gasteiger partial charge in [0.05, 0.1) is 19.1 Å². The molecule has 0 radical (unpaired) electrons. The van der Waals surface area contributed by atoms with Gasteiger partial charge in [-0.2, -0.15) is 4.31 Å². The van der Waals surface area contributed by atoms with Crippen molar-refractivity contribution in [2.24, 2.45) is 0 Å². The summed E-state index contributed by atoms with van der Waals surface area (Å²) < 4.78 is 50.8. The van der Waals surface area contributed by atoms with Crippen LogP contribution < -0.4 is 14.4 Å². The lowest BCUT2D eigenvalue weighted by molar-refractivity contribution is 0.379. The second kappa shape index (κ2) is 7.51. The number of ether oxygens (including phenoxy) is 2. The molecule has 2 aromatic carbocycles.